The highest BCUT2D eigenvalue weighted by Crippen LogP contribution is 2.51. The first-order valence-electron chi connectivity index (χ1n) is 8.80. The molecule has 1 aliphatic rings. The minimum atomic E-state index is 0. The molecule has 0 spiro atoms. The van der Waals surface area contributed by atoms with Crippen molar-refractivity contribution in [2.75, 3.05) is 20.1 Å². The molecule has 1 heterocycles. The van der Waals surface area contributed by atoms with E-state index < -0.39 is 0 Å². The first-order valence-corrected chi connectivity index (χ1v) is 9.61. The van der Waals surface area contributed by atoms with Crippen molar-refractivity contribution in [1.82, 2.24) is 25.4 Å². The van der Waals surface area contributed by atoms with Gasteiger partial charge in [-0.25, -0.2) is 0 Å². The van der Waals surface area contributed by atoms with E-state index in [1.54, 1.807) is 6.33 Å². The monoisotopic (exact) mass is 486 g/mol. The summed E-state index contributed by atoms with van der Waals surface area (Å²) in [6, 6.07) is 10.6. The number of rotatable bonds is 8. The molecule has 0 unspecified atom stereocenters. The standard InChI is InChI=1S/C18H26N6S.HI/c1-3-16-23-22-14-24(16)12-11-20-17(19-2)21-13-18(9-10-18)25-15-7-5-4-6-8-15;/h4-8,14H,3,9-13H2,1-2H3,(H2,19,20,21);1H. The van der Waals surface area contributed by atoms with Crippen molar-refractivity contribution in [2.24, 2.45) is 4.99 Å². The summed E-state index contributed by atoms with van der Waals surface area (Å²) in [5.41, 5.74) is 0. The van der Waals surface area contributed by atoms with Crippen molar-refractivity contribution in [3.63, 3.8) is 0 Å². The summed E-state index contributed by atoms with van der Waals surface area (Å²) in [7, 11) is 1.81. The molecule has 1 aliphatic carbocycles. The molecule has 8 heteroatoms. The second-order valence-electron chi connectivity index (χ2n) is 6.24. The van der Waals surface area contributed by atoms with Gasteiger partial charge in [0.25, 0.3) is 0 Å². The SMILES string of the molecule is CCc1nncn1CCNC(=NC)NCC1(Sc2ccccc2)CC1.I. The zero-order valence-electron chi connectivity index (χ0n) is 15.3. The predicted molar refractivity (Wildman–Crippen MR) is 118 cm³/mol. The third kappa shape index (κ3) is 5.87. The smallest absolute Gasteiger partial charge is 0.191 e. The zero-order chi connectivity index (χ0) is 17.5. The molecule has 0 aliphatic heterocycles. The van der Waals surface area contributed by atoms with E-state index in [1.165, 1.54) is 17.7 Å². The molecule has 1 aromatic carbocycles. The highest BCUT2D eigenvalue weighted by molar-refractivity contribution is 14.0. The van der Waals surface area contributed by atoms with Crippen LogP contribution in [0.1, 0.15) is 25.6 Å². The zero-order valence-corrected chi connectivity index (χ0v) is 18.5. The number of aryl methyl sites for hydroxylation is 1. The number of nitrogens with zero attached hydrogens (tertiary/aromatic N) is 4. The molecule has 0 atom stereocenters. The lowest BCUT2D eigenvalue weighted by molar-refractivity contribution is 0.631. The van der Waals surface area contributed by atoms with Gasteiger partial charge in [0, 0.05) is 42.7 Å². The summed E-state index contributed by atoms with van der Waals surface area (Å²) in [5, 5.41) is 14.9. The van der Waals surface area contributed by atoms with Crippen LogP contribution in [0.15, 0.2) is 46.5 Å². The minimum Gasteiger partial charge on any atom is -0.355 e. The number of hydrogen-bond donors (Lipinski definition) is 2. The van der Waals surface area contributed by atoms with Gasteiger partial charge in [0.15, 0.2) is 5.96 Å². The summed E-state index contributed by atoms with van der Waals surface area (Å²) < 4.78 is 2.39. The van der Waals surface area contributed by atoms with Crippen molar-refractivity contribution in [3.05, 3.63) is 42.5 Å². The number of nitrogens with one attached hydrogen (secondary N) is 2. The molecule has 1 fully saturated rings. The maximum absolute atomic E-state index is 4.33. The third-order valence-corrected chi connectivity index (χ3v) is 5.84. The van der Waals surface area contributed by atoms with Crippen LogP contribution in [0, 0.1) is 0 Å². The number of guanidine groups is 1. The number of hydrogen-bond acceptors (Lipinski definition) is 4. The van der Waals surface area contributed by atoms with Gasteiger partial charge in [-0.3, -0.25) is 4.99 Å². The van der Waals surface area contributed by atoms with E-state index in [-0.39, 0.29) is 24.0 Å². The average Bonchev–Trinajstić information content (AvgIpc) is 3.25. The van der Waals surface area contributed by atoms with Crippen LogP contribution in [-0.4, -0.2) is 45.6 Å². The molecule has 0 saturated heterocycles. The highest BCUT2D eigenvalue weighted by atomic mass is 127. The van der Waals surface area contributed by atoms with Crippen LogP contribution in [0.25, 0.3) is 0 Å². The fourth-order valence-electron chi connectivity index (χ4n) is 2.69. The molecule has 0 radical (unpaired) electrons. The van der Waals surface area contributed by atoms with Crippen LogP contribution in [0.2, 0.25) is 0 Å². The van der Waals surface area contributed by atoms with Gasteiger partial charge < -0.3 is 15.2 Å². The van der Waals surface area contributed by atoms with Gasteiger partial charge in [-0.1, -0.05) is 25.1 Å². The predicted octanol–water partition coefficient (Wildman–Crippen LogP) is 2.95. The number of benzene rings is 1. The Morgan fingerprint density at radius 3 is 2.69 bits per heavy atom. The van der Waals surface area contributed by atoms with E-state index in [4.69, 9.17) is 0 Å². The van der Waals surface area contributed by atoms with E-state index in [2.05, 4.69) is 67.6 Å². The van der Waals surface area contributed by atoms with Gasteiger partial charge in [0.05, 0.1) is 0 Å². The van der Waals surface area contributed by atoms with E-state index in [0.717, 1.165) is 37.8 Å². The summed E-state index contributed by atoms with van der Waals surface area (Å²) in [5.74, 6) is 1.87. The second kappa shape index (κ2) is 10.1. The molecule has 142 valence electrons. The van der Waals surface area contributed by atoms with E-state index in [9.17, 15) is 0 Å². The van der Waals surface area contributed by atoms with Crippen LogP contribution >= 0.6 is 35.7 Å². The van der Waals surface area contributed by atoms with Gasteiger partial charge >= 0.3 is 0 Å². The number of halogens is 1. The summed E-state index contributed by atoms with van der Waals surface area (Å²) in [6.45, 7) is 4.65. The number of aromatic nitrogens is 3. The molecule has 2 aromatic rings. The van der Waals surface area contributed by atoms with Crippen molar-refractivity contribution >= 4 is 41.7 Å². The van der Waals surface area contributed by atoms with Crippen LogP contribution in [-0.2, 0) is 13.0 Å². The lowest BCUT2D eigenvalue weighted by Crippen LogP contribution is -2.42. The van der Waals surface area contributed by atoms with Gasteiger partial charge in [-0.05, 0) is 25.0 Å². The average molecular weight is 486 g/mol. The highest BCUT2D eigenvalue weighted by Gasteiger charge is 2.43. The Kier molecular flexibility index (Phi) is 8.20. The molecule has 1 aromatic heterocycles. The molecule has 26 heavy (non-hydrogen) atoms. The van der Waals surface area contributed by atoms with Gasteiger partial charge in [-0.15, -0.1) is 45.9 Å². The van der Waals surface area contributed by atoms with E-state index in [0.29, 0.717) is 4.75 Å². The fraction of sp³-hybridized carbons (Fsp3) is 0.500. The summed E-state index contributed by atoms with van der Waals surface area (Å²) in [6.07, 6.45) is 5.17. The van der Waals surface area contributed by atoms with Crippen molar-refractivity contribution in [1.29, 1.82) is 0 Å². The van der Waals surface area contributed by atoms with Crippen LogP contribution < -0.4 is 10.6 Å². The topological polar surface area (TPSA) is 67.1 Å². The first-order chi connectivity index (χ1) is 12.2. The maximum Gasteiger partial charge on any atom is 0.191 e. The molecule has 6 nitrogen and oxygen atoms in total. The van der Waals surface area contributed by atoms with Crippen molar-refractivity contribution in [2.45, 2.75) is 42.4 Å². The van der Waals surface area contributed by atoms with Gasteiger partial charge in [-0.2, -0.15) is 0 Å². The number of thioether (sulfide) groups is 1. The van der Waals surface area contributed by atoms with E-state index >= 15 is 0 Å². The molecule has 0 bridgehead atoms. The quantitative estimate of drug-likeness (QED) is 0.341. The molecule has 0 amide bonds. The summed E-state index contributed by atoms with van der Waals surface area (Å²) in [4.78, 5) is 5.67. The van der Waals surface area contributed by atoms with Crippen molar-refractivity contribution < 1.29 is 0 Å². The van der Waals surface area contributed by atoms with Crippen LogP contribution in [0.3, 0.4) is 0 Å². The van der Waals surface area contributed by atoms with E-state index in [1.807, 2.05) is 18.8 Å². The Morgan fingerprint density at radius 2 is 2.04 bits per heavy atom. The first kappa shape index (κ1) is 21.0. The second-order valence-corrected chi connectivity index (χ2v) is 7.79. The normalized spacial score (nSPS) is 15.2. The Balaban J connectivity index is 0.00000243. The molecule has 2 N–H and O–H groups in total. The lowest BCUT2D eigenvalue weighted by Gasteiger charge is -2.18. The Labute approximate surface area is 176 Å². The Morgan fingerprint density at radius 1 is 1.27 bits per heavy atom. The molecular formula is C18H27IN6S. The van der Waals surface area contributed by atoms with Gasteiger partial charge in [0.2, 0.25) is 0 Å². The summed E-state index contributed by atoms with van der Waals surface area (Å²) >= 11 is 1.97. The number of aliphatic imine (C=N–C) groups is 1. The van der Waals surface area contributed by atoms with Crippen molar-refractivity contribution in [3.8, 4) is 0 Å². The largest absolute Gasteiger partial charge is 0.355 e. The fourth-order valence-corrected chi connectivity index (χ4v) is 3.94. The molecule has 3 rings (SSSR count). The molecule has 1 saturated carbocycles. The Hall–Kier alpha value is -1.29. The maximum atomic E-state index is 4.33. The molecular weight excluding hydrogens is 459 g/mol. The van der Waals surface area contributed by atoms with Crippen LogP contribution in [0.5, 0.6) is 0 Å². The third-order valence-electron chi connectivity index (χ3n) is 4.34. The lowest BCUT2D eigenvalue weighted by atomic mass is 10.4. The van der Waals surface area contributed by atoms with Gasteiger partial charge in [0.1, 0.15) is 12.2 Å². The van der Waals surface area contributed by atoms with Crippen LogP contribution in [0.4, 0.5) is 0 Å². The minimum absolute atomic E-state index is 0. The Bertz CT molecular complexity index is 699.